The molecule has 5 rings (SSSR count). The number of piperazine rings is 1. The van der Waals surface area contributed by atoms with Crippen LogP contribution in [0.25, 0.3) is 11.1 Å². The quantitative estimate of drug-likeness (QED) is 0.440. The Morgan fingerprint density at radius 1 is 0.912 bits per heavy atom. The van der Waals surface area contributed by atoms with Gasteiger partial charge in [0.25, 0.3) is 0 Å². The molecule has 0 spiro atoms. The average molecular weight is 568 g/mol. The predicted octanol–water partition coefficient (Wildman–Crippen LogP) is 4.99. The van der Waals surface area contributed by atoms with Crippen molar-refractivity contribution in [2.45, 2.75) is 12.3 Å². The molecular formula is C27H25IN2O4. The Labute approximate surface area is 212 Å². The minimum Gasteiger partial charge on any atom is -0.481 e. The van der Waals surface area contributed by atoms with Crippen LogP contribution in [0.1, 0.15) is 22.6 Å². The number of ether oxygens (including phenoxy) is 1. The first kappa shape index (κ1) is 22.7. The smallest absolute Gasteiger partial charge is 0.409 e. The van der Waals surface area contributed by atoms with Gasteiger partial charge in [0.15, 0.2) is 0 Å². The number of carboxylic acids is 1. The van der Waals surface area contributed by atoms with Gasteiger partial charge in [0.1, 0.15) is 6.61 Å². The molecule has 3 aromatic carbocycles. The lowest BCUT2D eigenvalue weighted by Crippen LogP contribution is -2.49. The van der Waals surface area contributed by atoms with Gasteiger partial charge in [0, 0.05) is 41.4 Å². The Balaban J connectivity index is 1.21. The minimum absolute atomic E-state index is 0.00353. The zero-order valence-corrected chi connectivity index (χ0v) is 20.8. The van der Waals surface area contributed by atoms with Crippen molar-refractivity contribution in [3.8, 4) is 11.1 Å². The van der Waals surface area contributed by atoms with Crippen molar-refractivity contribution in [1.29, 1.82) is 0 Å². The highest BCUT2D eigenvalue weighted by Gasteiger charge is 2.30. The number of carbonyl (C=O) groups is 2. The molecule has 1 heterocycles. The van der Waals surface area contributed by atoms with E-state index in [4.69, 9.17) is 9.84 Å². The van der Waals surface area contributed by atoms with Crippen LogP contribution in [0.4, 0.5) is 10.5 Å². The van der Waals surface area contributed by atoms with Crippen molar-refractivity contribution in [1.82, 2.24) is 4.90 Å². The molecule has 0 aromatic heterocycles. The number of anilines is 1. The summed E-state index contributed by atoms with van der Waals surface area (Å²) in [5.74, 6) is -0.787. The van der Waals surface area contributed by atoms with E-state index in [9.17, 15) is 9.59 Å². The molecule has 0 saturated carbocycles. The van der Waals surface area contributed by atoms with Gasteiger partial charge in [-0.2, -0.15) is 0 Å². The summed E-state index contributed by atoms with van der Waals surface area (Å²) < 4.78 is 6.81. The summed E-state index contributed by atoms with van der Waals surface area (Å²) >= 11 is 2.21. The van der Waals surface area contributed by atoms with Gasteiger partial charge >= 0.3 is 12.1 Å². The second-order valence-electron chi connectivity index (χ2n) is 8.67. The summed E-state index contributed by atoms with van der Waals surface area (Å²) in [7, 11) is 0. The molecule has 34 heavy (non-hydrogen) atoms. The number of rotatable bonds is 5. The van der Waals surface area contributed by atoms with Crippen molar-refractivity contribution >= 4 is 40.3 Å². The number of halogens is 1. The van der Waals surface area contributed by atoms with Crippen LogP contribution in [0.15, 0.2) is 66.7 Å². The van der Waals surface area contributed by atoms with E-state index >= 15 is 0 Å². The summed E-state index contributed by atoms with van der Waals surface area (Å²) in [5, 5.41) is 9.12. The maximum absolute atomic E-state index is 12.9. The predicted molar refractivity (Wildman–Crippen MR) is 139 cm³/mol. The highest BCUT2D eigenvalue weighted by Crippen LogP contribution is 2.44. The van der Waals surface area contributed by atoms with Crippen LogP contribution < -0.4 is 4.90 Å². The number of carboxylic acid groups (broad SMARTS) is 1. The van der Waals surface area contributed by atoms with E-state index in [0.717, 1.165) is 14.8 Å². The third-order valence-electron chi connectivity index (χ3n) is 6.54. The first-order chi connectivity index (χ1) is 16.5. The molecule has 0 bridgehead atoms. The lowest BCUT2D eigenvalue weighted by Gasteiger charge is -2.36. The van der Waals surface area contributed by atoms with E-state index in [1.165, 1.54) is 22.3 Å². The second kappa shape index (κ2) is 9.66. The van der Waals surface area contributed by atoms with Gasteiger partial charge in [-0.1, -0.05) is 48.5 Å². The maximum atomic E-state index is 12.9. The largest absolute Gasteiger partial charge is 0.481 e. The molecule has 3 aromatic rings. The molecule has 1 saturated heterocycles. The number of carbonyl (C=O) groups excluding carboxylic acids is 1. The van der Waals surface area contributed by atoms with E-state index in [-0.39, 0.29) is 18.4 Å². The molecule has 174 valence electrons. The molecule has 1 amide bonds. The summed E-state index contributed by atoms with van der Waals surface area (Å²) in [6.07, 6.45) is -0.278. The number of fused-ring (bicyclic) bond motifs is 3. The second-order valence-corrected chi connectivity index (χ2v) is 9.91. The van der Waals surface area contributed by atoms with Crippen LogP contribution >= 0.6 is 22.6 Å². The molecule has 1 fully saturated rings. The summed E-state index contributed by atoms with van der Waals surface area (Å²) in [4.78, 5) is 27.9. The average Bonchev–Trinajstić information content (AvgIpc) is 3.15. The Morgan fingerprint density at radius 3 is 2.15 bits per heavy atom. The number of hydrogen-bond donors (Lipinski definition) is 1. The van der Waals surface area contributed by atoms with Crippen LogP contribution in [0.5, 0.6) is 0 Å². The molecule has 7 heteroatoms. The third-order valence-corrected chi connectivity index (χ3v) is 7.16. The molecule has 0 radical (unpaired) electrons. The van der Waals surface area contributed by atoms with Crippen LogP contribution in [0.2, 0.25) is 0 Å². The maximum Gasteiger partial charge on any atom is 0.409 e. The van der Waals surface area contributed by atoms with Gasteiger partial charge in [-0.3, -0.25) is 4.79 Å². The van der Waals surface area contributed by atoms with Crippen molar-refractivity contribution in [3.05, 3.63) is 87.0 Å². The van der Waals surface area contributed by atoms with Gasteiger partial charge in [-0.05, 0) is 68.6 Å². The highest BCUT2D eigenvalue weighted by atomic mass is 127. The SMILES string of the molecule is O=C(O)Cc1cc(I)cc(N2CCN(C(=O)OCC3c4ccccc4-c4ccccc43)CC2)c1. The topological polar surface area (TPSA) is 70.1 Å². The molecule has 1 aliphatic heterocycles. The van der Waals surface area contributed by atoms with E-state index in [1.807, 2.05) is 36.4 Å². The minimum atomic E-state index is -0.840. The van der Waals surface area contributed by atoms with Crippen LogP contribution in [0, 0.1) is 3.57 Å². The summed E-state index contributed by atoms with van der Waals surface area (Å²) in [6, 6.07) is 22.5. The number of aliphatic carboxylic acids is 1. The van der Waals surface area contributed by atoms with Gasteiger partial charge in [0.05, 0.1) is 6.42 Å². The van der Waals surface area contributed by atoms with Crippen LogP contribution in [0.3, 0.4) is 0 Å². The molecule has 1 aliphatic carbocycles. The Hall–Kier alpha value is -3.07. The fourth-order valence-corrected chi connectivity index (χ4v) is 5.64. The summed E-state index contributed by atoms with van der Waals surface area (Å²) in [5.41, 5.74) is 6.62. The number of amides is 1. The molecular weight excluding hydrogens is 543 g/mol. The van der Waals surface area contributed by atoms with E-state index in [0.29, 0.717) is 32.8 Å². The fraction of sp³-hybridized carbons (Fsp3) is 0.259. The van der Waals surface area contributed by atoms with Crippen LogP contribution in [-0.4, -0.2) is 54.9 Å². The lowest BCUT2D eigenvalue weighted by molar-refractivity contribution is -0.136. The first-order valence-corrected chi connectivity index (χ1v) is 12.4. The van der Waals surface area contributed by atoms with Gasteiger partial charge in [0.2, 0.25) is 0 Å². The zero-order valence-electron chi connectivity index (χ0n) is 18.6. The molecule has 2 aliphatic rings. The molecule has 0 atom stereocenters. The van der Waals surface area contributed by atoms with E-state index in [1.54, 1.807) is 4.90 Å². The van der Waals surface area contributed by atoms with Crippen molar-refractivity contribution in [2.75, 3.05) is 37.7 Å². The number of hydrogen-bond acceptors (Lipinski definition) is 4. The standard InChI is InChI=1S/C27H25IN2O4/c28-19-13-18(15-26(31)32)14-20(16-19)29-9-11-30(12-10-29)27(33)34-17-25-23-7-3-1-5-21(23)22-6-2-4-8-24(22)25/h1-8,13-14,16,25H,9-12,15,17H2,(H,31,32). The normalized spacial score (nSPS) is 15.1. The zero-order chi connectivity index (χ0) is 23.7. The summed E-state index contributed by atoms with van der Waals surface area (Å²) in [6.45, 7) is 2.81. The lowest BCUT2D eigenvalue weighted by atomic mass is 9.98. The monoisotopic (exact) mass is 568 g/mol. The van der Waals surface area contributed by atoms with E-state index in [2.05, 4.69) is 57.8 Å². The number of benzene rings is 3. The Kier molecular flexibility index (Phi) is 6.45. The van der Waals surface area contributed by atoms with Gasteiger partial charge < -0.3 is 19.6 Å². The van der Waals surface area contributed by atoms with Gasteiger partial charge in [-0.25, -0.2) is 4.79 Å². The Bertz CT molecular complexity index is 1190. The van der Waals surface area contributed by atoms with E-state index < -0.39 is 5.97 Å². The van der Waals surface area contributed by atoms with Gasteiger partial charge in [-0.15, -0.1) is 0 Å². The van der Waals surface area contributed by atoms with Crippen molar-refractivity contribution < 1.29 is 19.4 Å². The fourth-order valence-electron chi connectivity index (χ4n) is 4.93. The first-order valence-electron chi connectivity index (χ1n) is 11.4. The highest BCUT2D eigenvalue weighted by molar-refractivity contribution is 14.1. The number of nitrogens with zero attached hydrogens (tertiary/aromatic N) is 2. The Morgan fingerprint density at radius 2 is 1.53 bits per heavy atom. The molecule has 1 N–H and O–H groups in total. The van der Waals surface area contributed by atoms with Crippen LogP contribution in [-0.2, 0) is 16.0 Å². The van der Waals surface area contributed by atoms with Crippen molar-refractivity contribution in [3.63, 3.8) is 0 Å². The molecule has 0 unspecified atom stereocenters. The molecule has 6 nitrogen and oxygen atoms in total. The van der Waals surface area contributed by atoms with Crippen molar-refractivity contribution in [2.24, 2.45) is 0 Å². The third kappa shape index (κ3) is 4.61.